The Labute approximate surface area is 165 Å². The number of aromatic nitrogens is 3. The minimum Gasteiger partial charge on any atom is -0.342 e. The zero-order chi connectivity index (χ0) is 19.4. The van der Waals surface area contributed by atoms with Gasteiger partial charge in [-0.1, -0.05) is 37.6 Å². The second-order valence-electron chi connectivity index (χ2n) is 6.72. The Morgan fingerprint density at radius 1 is 1.07 bits per heavy atom. The minimum absolute atomic E-state index is 0.110. The van der Waals surface area contributed by atoms with Gasteiger partial charge in [-0.2, -0.15) is 5.10 Å². The van der Waals surface area contributed by atoms with Crippen molar-refractivity contribution in [3.63, 3.8) is 0 Å². The molecule has 0 bridgehead atoms. The van der Waals surface area contributed by atoms with E-state index in [1.165, 1.54) is 0 Å². The number of carbonyl (C=O) groups is 1. The molecule has 0 aliphatic rings. The second kappa shape index (κ2) is 8.53. The van der Waals surface area contributed by atoms with Gasteiger partial charge >= 0.3 is 0 Å². The molecule has 0 fully saturated rings. The smallest absolute Gasteiger partial charge is 0.228 e. The molecule has 0 aliphatic carbocycles. The van der Waals surface area contributed by atoms with Crippen LogP contribution in [0, 0.1) is 6.92 Å². The fourth-order valence-electron chi connectivity index (χ4n) is 3.22. The highest BCUT2D eigenvalue weighted by Gasteiger charge is 2.21. The topological polar surface area (TPSA) is 50.5 Å². The van der Waals surface area contributed by atoms with Crippen molar-refractivity contribution in [3.8, 4) is 11.3 Å². The Hall–Kier alpha value is -2.40. The van der Waals surface area contributed by atoms with Crippen LogP contribution in [-0.4, -0.2) is 38.5 Å². The number of hydrogen-bond acceptors (Lipinski definition) is 3. The standard InChI is InChI=1S/C21H25ClN4O/c1-4-12-25(13-5-2)20(27)14-18-21(16-7-9-17(22)10-8-16)23-19-11-6-15(3)24-26(18)19/h6-11H,4-5,12-14H2,1-3H3. The van der Waals surface area contributed by atoms with E-state index >= 15 is 0 Å². The summed E-state index contributed by atoms with van der Waals surface area (Å²) in [6.07, 6.45) is 2.16. The van der Waals surface area contributed by atoms with Gasteiger partial charge in [0.2, 0.25) is 5.91 Å². The fraction of sp³-hybridized carbons (Fsp3) is 0.381. The fourth-order valence-corrected chi connectivity index (χ4v) is 3.35. The predicted molar refractivity (Wildman–Crippen MR) is 109 cm³/mol. The van der Waals surface area contributed by atoms with Crippen molar-refractivity contribution in [1.29, 1.82) is 0 Å². The number of halogens is 1. The van der Waals surface area contributed by atoms with Crippen LogP contribution in [0.2, 0.25) is 5.02 Å². The zero-order valence-electron chi connectivity index (χ0n) is 16.1. The summed E-state index contributed by atoms with van der Waals surface area (Å²) >= 11 is 6.04. The summed E-state index contributed by atoms with van der Waals surface area (Å²) < 4.78 is 1.80. The average molecular weight is 385 g/mol. The quantitative estimate of drug-likeness (QED) is 0.600. The Morgan fingerprint density at radius 3 is 2.37 bits per heavy atom. The van der Waals surface area contributed by atoms with Gasteiger partial charge in [0.05, 0.1) is 23.5 Å². The van der Waals surface area contributed by atoms with Crippen LogP contribution >= 0.6 is 11.6 Å². The number of nitrogens with zero attached hydrogens (tertiary/aromatic N) is 4. The first-order chi connectivity index (χ1) is 13.0. The maximum atomic E-state index is 13.0. The molecule has 3 rings (SSSR count). The third-order valence-electron chi connectivity index (χ3n) is 4.48. The summed E-state index contributed by atoms with van der Waals surface area (Å²) in [5.41, 5.74) is 4.16. The first-order valence-electron chi connectivity index (χ1n) is 9.42. The summed E-state index contributed by atoms with van der Waals surface area (Å²) in [6.45, 7) is 7.66. The van der Waals surface area contributed by atoms with Gasteiger partial charge in [0.25, 0.3) is 0 Å². The van der Waals surface area contributed by atoms with Crippen LogP contribution in [0.3, 0.4) is 0 Å². The normalized spacial score (nSPS) is 11.1. The Kier molecular flexibility index (Phi) is 6.11. The molecule has 0 saturated heterocycles. The average Bonchev–Trinajstić information content (AvgIpc) is 3.00. The molecular formula is C21H25ClN4O. The highest BCUT2D eigenvalue weighted by molar-refractivity contribution is 6.30. The number of fused-ring (bicyclic) bond motifs is 1. The van der Waals surface area contributed by atoms with Gasteiger partial charge in [-0.05, 0) is 44.0 Å². The van der Waals surface area contributed by atoms with Crippen LogP contribution in [0.4, 0.5) is 0 Å². The molecule has 0 radical (unpaired) electrons. The molecule has 1 aromatic carbocycles. The van der Waals surface area contributed by atoms with E-state index in [0.717, 1.165) is 54.2 Å². The van der Waals surface area contributed by atoms with Crippen molar-refractivity contribution in [2.24, 2.45) is 0 Å². The van der Waals surface area contributed by atoms with Crippen molar-refractivity contribution in [1.82, 2.24) is 19.5 Å². The van der Waals surface area contributed by atoms with E-state index in [4.69, 9.17) is 16.6 Å². The first-order valence-corrected chi connectivity index (χ1v) is 9.80. The van der Waals surface area contributed by atoms with E-state index in [2.05, 4.69) is 18.9 Å². The molecule has 5 nitrogen and oxygen atoms in total. The lowest BCUT2D eigenvalue weighted by Crippen LogP contribution is -2.34. The summed E-state index contributed by atoms with van der Waals surface area (Å²) in [4.78, 5) is 19.7. The molecule has 2 heterocycles. The van der Waals surface area contributed by atoms with Gasteiger partial charge in [0, 0.05) is 23.7 Å². The van der Waals surface area contributed by atoms with E-state index in [1.54, 1.807) is 4.52 Å². The van der Waals surface area contributed by atoms with Crippen LogP contribution in [-0.2, 0) is 11.2 Å². The molecule has 1 amide bonds. The monoisotopic (exact) mass is 384 g/mol. The molecule has 142 valence electrons. The van der Waals surface area contributed by atoms with E-state index in [9.17, 15) is 4.79 Å². The summed E-state index contributed by atoms with van der Waals surface area (Å²) in [6, 6.07) is 11.4. The Balaban J connectivity index is 2.06. The lowest BCUT2D eigenvalue weighted by Gasteiger charge is -2.21. The number of benzene rings is 1. The summed E-state index contributed by atoms with van der Waals surface area (Å²) in [5, 5.41) is 5.27. The maximum Gasteiger partial charge on any atom is 0.228 e. The SMILES string of the molecule is CCCN(CCC)C(=O)Cc1c(-c2ccc(Cl)cc2)nc2ccc(C)nn12. The van der Waals surface area contributed by atoms with Gasteiger partial charge < -0.3 is 4.90 Å². The Bertz CT molecular complexity index is 927. The molecule has 0 N–H and O–H groups in total. The molecule has 0 saturated carbocycles. The van der Waals surface area contributed by atoms with Crippen molar-refractivity contribution in [2.45, 2.75) is 40.0 Å². The number of imidazole rings is 1. The number of aryl methyl sites for hydroxylation is 1. The molecule has 0 aliphatic heterocycles. The number of hydrogen-bond donors (Lipinski definition) is 0. The van der Waals surface area contributed by atoms with Crippen LogP contribution < -0.4 is 0 Å². The third-order valence-corrected chi connectivity index (χ3v) is 4.73. The zero-order valence-corrected chi connectivity index (χ0v) is 16.8. The van der Waals surface area contributed by atoms with Crippen molar-refractivity contribution in [3.05, 3.63) is 52.8 Å². The highest BCUT2D eigenvalue weighted by Crippen LogP contribution is 2.26. The second-order valence-corrected chi connectivity index (χ2v) is 7.15. The predicted octanol–water partition coefficient (Wildman–Crippen LogP) is 4.55. The summed E-state index contributed by atoms with van der Waals surface area (Å²) in [5.74, 6) is 0.110. The van der Waals surface area contributed by atoms with E-state index in [0.29, 0.717) is 5.02 Å². The molecule has 6 heteroatoms. The maximum absolute atomic E-state index is 13.0. The van der Waals surface area contributed by atoms with Gasteiger partial charge in [-0.25, -0.2) is 9.50 Å². The van der Waals surface area contributed by atoms with Crippen LogP contribution in [0.15, 0.2) is 36.4 Å². The minimum atomic E-state index is 0.110. The number of carbonyl (C=O) groups excluding carboxylic acids is 1. The van der Waals surface area contributed by atoms with E-state index in [-0.39, 0.29) is 12.3 Å². The van der Waals surface area contributed by atoms with Crippen LogP contribution in [0.1, 0.15) is 38.1 Å². The Morgan fingerprint density at radius 2 is 1.74 bits per heavy atom. The molecular weight excluding hydrogens is 360 g/mol. The molecule has 3 aromatic rings. The third kappa shape index (κ3) is 4.30. The van der Waals surface area contributed by atoms with Gasteiger partial charge in [-0.15, -0.1) is 0 Å². The van der Waals surface area contributed by atoms with Crippen LogP contribution in [0.5, 0.6) is 0 Å². The van der Waals surface area contributed by atoms with Crippen molar-refractivity contribution < 1.29 is 4.79 Å². The van der Waals surface area contributed by atoms with E-state index < -0.39 is 0 Å². The van der Waals surface area contributed by atoms with E-state index in [1.807, 2.05) is 48.2 Å². The molecule has 0 spiro atoms. The summed E-state index contributed by atoms with van der Waals surface area (Å²) in [7, 11) is 0. The number of rotatable bonds is 7. The first kappa shape index (κ1) is 19.4. The molecule has 27 heavy (non-hydrogen) atoms. The van der Waals surface area contributed by atoms with Crippen LogP contribution in [0.25, 0.3) is 16.9 Å². The van der Waals surface area contributed by atoms with Crippen molar-refractivity contribution in [2.75, 3.05) is 13.1 Å². The molecule has 0 atom stereocenters. The lowest BCUT2D eigenvalue weighted by atomic mass is 10.1. The molecule has 2 aromatic heterocycles. The lowest BCUT2D eigenvalue weighted by molar-refractivity contribution is -0.130. The van der Waals surface area contributed by atoms with Crippen molar-refractivity contribution >= 4 is 23.2 Å². The largest absolute Gasteiger partial charge is 0.342 e. The highest BCUT2D eigenvalue weighted by atomic mass is 35.5. The van der Waals surface area contributed by atoms with Gasteiger partial charge in [-0.3, -0.25) is 4.79 Å². The molecule has 0 unspecified atom stereocenters. The number of amides is 1. The van der Waals surface area contributed by atoms with Gasteiger partial charge in [0.15, 0.2) is 5.65 Å². The van der Waals surface area contributed by atoms with Gasteiger partial charge in [0.1, 0.15) is 0 Å².